The predicted molar refractivity (Wildman–Crippen MR) is 173 cm³/mol. The van der Waals surface area contributed by atoms with Gasteiger partial charge in [0.1, 0.15) is 23.6 Å². The second-order valence-corrected chi connectivity index (χ2v) is 12.7. The summed E-state index contributed by atoms with van der Waals surface area (Å²) in [6.07, 6.45) is 6.13. The number of halogens is 2. The first-order valence-electron chi connectivity index (χ1n) is 15.6. The number of fused-ring (bicyclic) bond motifs is 4. The van der Waals surface area contributed by atoms with E-state index in [1.54, 1.807) is 6.20 Å². The van der Waals surface area contributed by atoms with Gasteiger partial charge < -0.3 is 15.0 Å². The third kappa shape index (κ3) is 5.15. The van der Waals surface area contributed by atoms with Crippen LogP contribution in [-0.2, 0) is 6.54 Å². The summed E-state index contributed by atoms with van der Waals surface area (Å²) in [5.41, 5.74) is 2.36. The molecule has 0 amide bonds. The van der Waals surface area contributed by atoms with Crippen molar-refractivity contribution in [3.63, 3.8) is 0 Å². The zero-order valence-electron chi connectivity index (χ0n) is 24.4. The lowest BCUT2D eigenvalue weighted by molar-refractivity contribution is 0.160. The largest absolute Gasteiger partial charge is 0.462 e. The Morgan fingerprint density at radius 2 is 1.73 bits per heavy atom. The Balaban J connectivity index is 1.17. The van der Waals surface area contributed by atoms with Gasteiger partial charge in [0, 0.05) is 59.9 Å². The second-order valence-electron chi connectivity index (χ2n) is 12.3. The van der Waals surface area contributed by atoms with Crippen LogP contribution < -0.4 is 15.0 Å². The molecule has 224 valence electrons. The third-order valence-electron chi connectivity index (χ3n) is 9.40. The molecule has 9 heteroatoms. The maximum absolute atomic E-state index is 16.7. The lowest BCUT2D eigenvalue weighted by Gasteiger charge is -2.34. The van der Waals surface area contributed by atoms with E-state index in [1.165, 1.54) is 5.56 Å². The normalized spacial score (nSPS) is 21.9. The van der Waals surface area contributed by atoms with Gasteiger partial charge in [0.25, 0.3) is 0 Å². The van der Waals surface area contributed by atoms with Gasteiger partial charge in [-0.15, -0.1) is 0 Å². The molecule has 2 aromatic heterocycles. The van der Waals surface area contributed by atoms with Crippen LogP contribution in [0.15, 0.2) is 72.9 Å². The Kier molecular flexibility index (Phi) is 7.28. The van der Waals surface area contributed by atoms with Gasteiger partial charge in [-0.3, -0.25) is 9.88 Å². The van der Waals surface area contributed by atoms with Crippen LogP contribution in [0.2, 0.25) is 5.02 Å². The number of hydrogen-bond acceptors (Lipinski definition) is 7. The fraction of sp³-hybridized carbons (Fsp3) is 0.343. The van der Waals surface area contributed by atoms with Crippen LogP contribution >= 0.6 is 11.6 Å². The van der Waals surface area contributed by atoms with Crippen molar-refractivity contribution in [1.29, 1.82) is 0 Å². The summed E-state index contributed by atoms with van der Waals surface area (Å²) in [5.74, 6) is 0.193. The van der Waals surface area contributed by atoms with Crippen LogP contribution in [0.5, 0.6) is 6.01 Å². The molecule has 8 rings (SSSR count). The molecule has 5 aromatic rings. The monoisotopic (exact) mass is 608 g/mol. The summed E-state index contributed by atoms with van der Waals surface area (Å²) in [6.45, 7) is 3.95. The van der Waals surface area contributed by atoms with Crippen molar-refractivity contribution in [2.75, 3.05) is 31.1 Å². The average molecular weight is 609 g/mol. The van der Waals surface area contributed by atoms with Crippen LogP contribution in [-0.4, -0.2) is 64.2 Å². The fourth-order valence-electron chi connectivity index (χ4n) is 7.26. The standard InChI is InChI=1S/C35H34ClFN6O/c36-29-13-5-10-23-9-4-12-27(30(23)29)32-31(37)33-28(17-38-32)34(43-19-24-14-15-25(20-43)39-24)41-35(40-33)44-21-26-11-6-16-42(26)18-22-7-2-1-3-8-22/h1-5,7-10,12-13,17,24-26,39H,6,11,14-16,18-21H2/t24-,25+,26-/m0/s1. The molecule has 5 heterocycles. The lowest BCUT2D eigenvalue weighted by Crippen LogP contribution is -2.51. The van der Waals surface area contributed by atoms with E-state index in [-0.39, 0.29) is 23.3 Å². The molecular weight excluding hydrogens is 575 g/mol. The summed E-state index contributed by atoms with van der Waals surface area (Å²) in [5, 5.41) is 6.53. The summed E-state index contributed by atoms with van der Waals surface area (Å²) >= 11 is 6.62. The fourth-order valence-corrected chi connectivity index (χ4v) is 7.54. The number of piperazine rings is 1. The van der Waals surface area contributed by atoms with Crippen LogP contribution in [0.4, 0.5) is 10.2 Å². The lowest BCUT2D eigenvalue weighted by atomic mass is 10.0. The van der Waals surface area contributed by atoms with E-state index in [2.05, 4.69) is 44.4 Å². The zero-order chi connectivity index (χ0) is 29.6. The van der Waals surface area contributed by atoms with Gasteiger partial charge >= 0.3 is 6.01 Å². The molecule has 0 aliphatic carbocycles. The molecule has 3 aliphatic heterocycles. The first-order valence-corrected chi connectivity index (χ1v) is 15.9. The quantitative estimate of drug-likeness (QED) is 0.223. The molecule has 3 aliphatic rings. The highest BCUT2D eigenvalue weighted by atomic mass is 35.5. The number of hydrogen-bond donors (Lipinski definition) is 1. The van der Waals surface area contributed by atoms with Crippen LogP contribution in [0.3, 0.4) is 0 Å². The van der Waals surface area contributed by atoms with E-state index in [1.807, 2.05) is 42.5 Å². The van der Waals surface area contributed by atoms with E-state index in [9.17, 15) is 0 Å². The third-order valence-corrected chi connectivity index (χ3v) is 9.72. The Morgan fingerprint density at radius 3 is 2.55 bits per heavy atom. The highest BCUT2D eigenvalue weighted by Crippen LogP contribution is 2.38. The van der Waals surface area contributed by atoms with Gasteiger partial charge in [0.2, 0.25) is 0 Å². The number of ether oxygens (including phenoxy) is 1. The molecule has 3 fully saturated rings. The number of nitrogens with one attached hydrogen (secondary N) is 1. The molecule has 0 radical (unpaired) electrons. The summed E-state index contributed by atoms with van der Waals surface area (Å²) in [4.78, 5) is 19.0. The SMILES string of the molecule is Fc1c(-c2cccc3cccc(Cl)c23)ncc2c(N3C[C@H]4CC[C@@H](C3)N4)nc(OC[C@@H]3CCCN3Cc3ccccc3)nc12. The molecular formula is C35H34ClFN6O. The van der Waals surface area contributed by atoms with Crippen LogP contribution in [0.25, 0.3) is 32.9 Å². The first-order chi connectivity index (χ1) is 21.6. The zero-order valence-corrected chi connectivity index (χ0v) is 25.2. The van der Waals surface area contributed by atoms with Crippen molar-refractivity contribution in [2.24, 2.45) is 0 Å². The number of rotatable bonds is 7. The molecule has 0 unspecified atom stereocenters. The first kappa shape index (κ1) is 27.7. The van der Waals surface area contributed by atoms with Crippen molar-refractivity contribution in [2.45, 2.75) is 50.4 Å². The summed E-state index contributed by atoms with van der Waals surface area (Å²) in [6, 6.07) is 23.2. The molecule has 3 saturated heterocycles. The highest BCUT2D eigenvalue weighted by Gasteiger charge is 2.34. The molecule has 1 N–H and O–H groups in total. The highest BCUT2D eigenvalue weighted by molar-refractivity contribution is 6.36. The maximum Gasteiger partial charge on any atom is 0.319 e. The van der Waals surface area contributed by atoms with Gasteiger partial charge in [-0.2, -0.15) is 9.97 Å². The number of benzene rings is 3. The smallest absolute Gasteiger partial charge is 0.319 e. The van der Waals surface area contributed by atoms with Crippen molar-refractivity contribution < 1.29 is 9.13 Å². The van der Waals surface area contributed by atoms with E-state index in [0.29, 0.717) is 40.5 Å². The molecule has 44 heavy (non-hydrogen) atoms. The van der Waals surface area contributed by atoms with E-state index in [4.69, 9.17) is 26.3 Å². The van der Waals surface area contributed by atoms with Crippen molar-refractivity contribution >= 4 is 39.1 Å². The molecule has 7 nitrogen and oxygen atoms in total. The Labute approximate surface area is 261 Å². The molecule has 3 aromatic carbocycles. The molecule has 3 atom stereocenters. The molecule has 2 bridgehead atoms. The average Bonchev–Trinajstić information content (AvgIpc) is 3.64. The molecule has 0 saturated carbocycles. The Bertz CT molecular complexity index is 1820. The van der Waals surface area contributed by atoms with Gasteiger partial charge in [-0.05, 0) is 49.2 Å². The minimum absolute atomic E-state index is 0.206. The summed E-state index contributed by atoms with van der Waals surface area (Å²) < 4.78 is 23.0. The van der Waals surface area contributed by atoms with Gasteiger partial charge in [-0.25, -0.2) is 4.39 Å². The topological polar surface area (TPSA) is 66.4 Å². The van der Waals surface area contributed by atoms with E-state index >= 15 is 4.39 Å². The van der Waals surface area contributed by atoms with E-state index in [0.717, 1.165) is 62.6 Å². The van der Waals surface area contributed by atoms with Gasteiger partial charge in [0.05, 0.1) is 5.39 Å². The van der Waals surface area contributed by atoms with Crippen molar-refractivity contribution in [3.05, 3.63) is 89.3 Å². The minimum Gasteiger partial charge on any atom is -0.462 e. The number of aromatic nitrogens is 3. The number of anilines is 1. The maximum atomic E-state index is 16.7. The molecule has 0 spiro atoms. The minimum atomic E-state index is -0.493. The van der Waals surface area contributed by atoms with Crippen LogP contribution in [0.1, 0.15) is 31.2 Å². The second kappa shape index (κ2) is 11.6. The van der Waals surface area contributed by atoms with Crippen molar-refractivity contribution in [3.8, 4) is 17.3 Å². The van der Waals surface area contributed by atoms with Crippen LogP contribution in [0, 0.1) is 5.82 Å². The van der Waals surface area contributed by atoms with Gasteiger partial charge in [0.15, 0.2) is 5.82 Å². The summed E-state index contributed by atoms with van der Waals surface area (Å²) in [7, 11) is 0. The number of nitrogens with zero attached hydrogens (tertiary/aromatic N) is 5. The van der Waals surface area contributed by atoms with Gasteiger partial charge in [-0.1, -0.05) is 72.3 Å². The predicted octanol–water partition coefficient (Wildman–Crippen LogP) is 6.62. The number of pyridine rings is 1. The Hall–Kier alpha value is -3.85. The number of likely N-dealkylation sites (tertiary alicyclic amines) is 1. The van der Waals surface area contributed by atoms with Crippen molar-refractivity contribution in [1.82, 2.24) is 25.2 Å². The van der Waals surface area contributed by atoms with E-state index < -0.39 is 5.82 Å². The Morgan fingerprint density at radius 1 is 0.932 bits per heavy atom.